The number of rotatable bonds is 4. The number of nitrogens with zero attached hydrogens (tertiary/aromatic N) is 3. The number of likely N-dealkylation sites (tertiary alicyclic amines) is 1. The highest BCUT2D eigenvalue weighted by Crippen LogP contribution is 2.33. The van der Waals surface area contributed by atoms with Gasteiger partial charge in [0, 0.05) is 44.0 Å². The molecule has 0 bridgehead atoms. The molecule has 25 heavy (non-hydrogen) atoms. The van der Waals surface area contributed by atoms with Crippen LogP contribution in [0.5, 0.6) is 11.5 Å². The van der Waals surface area contributed by atoms with Gasteiger partial charge in [0.2, 0.25) is 6.79 Å². The van der Waals surface area contributed by atoms with Crippen molar-refractivity contribution in [3.8, 4) is 11.5 Å². The number of fused-ring (bicyclic) bond motifs is 1. The average molecular weight is 341 g/mol. The SMILES string of the molecule is CCc1nccn1CC1CCN(C(=O)c2ccc3c(c2)OCO3)CC1. The third-order valence-electron chi connectivity index (χ3n) is 5.09. The van der Waals surface area contributed by atoms with Gasteiger partial charge in [-0.05, 0) is 37.0 Å². The molecule has 0 spiro atoms. The van der Waals surface area contributed by atoms with E-state index in [2.05, 4.69) is 22.7 Å². The first kappa shape index (κ1) is 16.0. The van der Waals surface area contributed by atoms with Crippen LogP contribution in [0, 0.1) is 5.92 Å². The molecular weight excluding hydrogens is 318 g/mol. The minimum atomic E-state index is 0.0774. The summed E-state index contributed by atoms with van der Waals surface area (Å²) in [5.74, 6) is 3.18. The van der Waals surface area contributed by atoms with E-state index in [9.17, 15) is 4.79 Å². The number of carbonyl (C=O) groups is 1. The van der Waals surface area contributed by atoms with Gasteiger partial charge in [0.25, 0.3) is 5.91 Å². The van der Waals surface area contributed by atoms with E-state index in [1.807, 2.05) is 23.2 Å². The van der Waals surface area contributed by atoms with Crippen molar-refractivity contribution in [1.82, 2.24) is 14.5 Å². The Labute approximate surface area is 147 Å². The Hall–Kier alpha value is -2.50. The fraction of sp³-hybridized carbons (Fsp3) is 0.474. The van der Waals surface area contributed by atoms with Crippen LogP contribution in [-0.2, 0) is 13.0 Å². The number of aromatic nitrogens is 2. The summed E-state index contributed by atoms with van der Waals surface area (Å²) in [6, 6.07) is 5.42. The Kier molecular flexibility index (Phi) is 4.34. The molecule has 0 N–H and O–H groups in total. The molecule has 132 valence electrons. The van der Waals surface area contributed by atoms with Crippen LogP contribution in [-0.4, -0.2) is 40.2 Å². The maximum Gasteiger partial charge on any atom is 0.253 e. The van der Waals surface area contributed by atoms with Crippen molar-refractivity contribution in [2.75, 3.05) is 19.9 Å². The van der Waals surface area contributed by atoms with Gasteiger partial charge < -0.3 is 18.9 Å². The molecule has 6 heteroatoms. The van der Waals surface area contributed by atoms with Gasteiger partial charge in [-0.2, -0.15) is 0 Å². The molecule has 1 fully saturated rings. The van der Waals surface area contributed by atoms with E-state index in [1.54, 1.807) is 6.07 Å². The van der Waals surface area contributed by atoms with Crippen LogP contribution in [0.2, 0.25) is 0 Å². The van der Waals surface area contributed by atoms with Gasteiger partial charge in [0.1, 0.15) is 5.82 Å². The number of carbonyl (C=O) groups excluding carboxylic acids is 1. The van der Waals surface area contributed by atoms with Crippen molar-refractivity contribution >= 4 is 5.91 Å². The van der Waals surface area contributed by atoms with Crippen molar-refractivity contribution in [2.24, 2.45) is 5.92 Å². The van der Waals surface area contributed by atoms with E-state index >= 15 is 0 Å². The average Bonchev–Trinajstić information content (AvgIpc) is 3.29. The first-order valence-corrected chi connectivity index (χ1v) is 8.93. The fourth-order valence-electron chi connectivity index (χ4n) is 3.63. The first-order valence-electron chi connectivity index (χ1n) is 8.93. The quantitative estimate of drug-likeness (QED) is 0.858. The Morgan fingerprint density at radius 3 is 2.84 bits per heavy atom. The Morgan fingerprint density at radius 1 is 1.24 bits per heavy atom. The predicted molar refractivity (Wildman–Crippen MR) is 92.8 cm³/mol. The van der Waals surface area contributed by atoms with Gasteiger partial charge in [0.05, 0.1) is 0 Å². The van der Waals surface area contributed by atoms with Crippen LogP contribution >= 0.6 is 0 Å². The van der Waals surface area contributed by atoms with Gasteiger partial charge >= 0.3 is 0 Å². The number of amides is 1. The highest BCUT2D eigenvalue weighted by atomic mass is 16.7. The molecule has 1 saturated heterocycles. The van der Waals surface area contributed by atoms with E-state index in [4.69, 9.17) is 9.47 Å². The third-order valence-corrected chi connectivity index (χ3v) is 5.09. The normalized spacial score (nSPS) is 17.1. The Bertz CT molecular complexity index is 763. The number of piperidine rings is 1. The third kappa shape index (κ3) is 3.21. The van der Waals surface area contributed by atoms with E-state index in [0.29, 0.717) is 23.0 Å². The van der Waals surface area contributed by atoms with Crippen molar-refractivity contribution in [3.05, 3.63) is 42.0 Å². The molecule has 2 aromatic rings. The van der Waals surface area contributed by atoms with Crippen LogP contribution in [0.4, 0.5) is 0 Å². The van der Waals surface area contributed by atoms with E-state index < -0.39 is 0 Å². The van der Waals surface area contributed by atoms with Crippen LogP contribution in [0.25, 0.3) is 0 Å². The molecule has 2 aliphatic heterocycles. The van der Waals surface area contributed by atoms with Gasteiger partial charge in [-0.15, -0.1) is 0 Å². The zero-order valence-electron chi connectivity index (χ0n) is 14.5. The summed E-state index contributed by atoms with van der Waals surface area (Å²) in [4.78, 5) is 19.1. The van der Waals surface area contributed by atoms with Gasteiger partial charge in [-0.3, -0.25) is 4.79 Å². The van der Waals surface area contributed by atoms with E-state index in [0.717, 1.165) is 44.7 Å². The topological polar surface area (TPSA) is 56.6 Å². The lowest BCUT2D eigenvalue weighted by Crippen LogP contribution is -2.39. The number of imidazole rings is 1. The number of aryl methyl sites for hydroxylation is 1. The molecule has 0 atom stereocenters. The number of ether oxygens (including phenoxy) is 2. The molecule has 6 nitrogen and oxygen atoms in total. The second-order valence-corrected chi connectivity index (χ2v) is 6.65. The highest BCUT2D eigenvalue weighted by molar-refractivity contribution is 5.95. The summed E-state index contributed by atoms with van der Waals surface area (Å²) in [7, 11) is 0. The zero-order valence-corrected chi connectivity index (χ0v) is 14.5. The van der Waals surface area contributed by atoms with Gasteiger partial charge in [-0.1, -0.05) is 6.92 Å². The molecule has 3 heterocycles. The fourth-order valence-corrected chi connectivity index (χ4v) is 3.63. The lowest BCUT2D eigenvalue weighted by molar-refractivity contribution is 0.0682. The Morgan fingerprint density at radius 2 is 2.04 bits per heavy atom. The second-order valence-electron chi connectivity index (χ2n) is 6.65. The number of benzene rings is 1. The zero-order chi connectivity index (χ0) is 17.2. The maximum atomic E-state index is 12.7. The van der Waals surface area contributed by atoms with Crippen LogP contribution in [0.1, 0.15) is 35.9 Å². The minimum absolute atomic E-state index is 0.0774. The lowest BCUT2D eigenvalue weighted by atomic mass is 9.96. The standard InChI is InChI=1S/C19H23N3O3/c1-2-18-20-7-10-22(18)12-14-5-8-21(9-6-14)19(23)15-3-4-16-17(11-15)25-13-24-16/h3-4,7,10-11,14H,2,5-6,8-9,12-13H2,1H3. The highest BCUT2D eigenvalue weighted by Gasteiger charge is 2.25. The Balaban J connectivity index is 1.36. The molecule has 4 rings (SSSR count). The monoisotopic (exact) mass is 341 g/mol. The van der Waals surface area contributed by atoms with Crippen molar-refractivity contribution in [3.63, 3.8) is 0 Å². The lowest BCUT2D eigenvalue weighted by Gasteiger charge is -2.32. The molecular formula is C19H23N3O3. The van der Waals surface area contributed by atoms with Gasteiger partial charge in [-0.25, -0.2) is 4.98 Å². The summed E-state index contributed by atoms with van der Waals surface area (Å²) < 4.78 is 12.9. The molecule has 1 amide bonds. The smallest absolute Gasteiger partial charge is 0.253 e. The molecule has 0 aliphatic carbocycles. The molecule has 1 aromatic carbocycles. The summed E-state index contributed by atoms with van der Waals surface area (Å²) in [6.45, 7) is 4.95. The number of hydrogen-bond acceptors (Lipinski definition) is 4. The van der Waals surface area contributed by atoms with Crippen molar-refractivity contribution in [2.45, 2.75) is 32.7 Å². The summed E-state index contributed by atoms with van der Waals surface area (Å²) in [6.07, 6.45) is 6.93. The van der Waals surface area contributed by atoms with Crippen molar-refractivity contribution in [1.29, 1.82) is 0 Å². The molecule has 0 radical (unpaired) electrons. The van der Waals surface area contributed by atoms with Crippen LogP contribution in [0.3, 0.4) is 0 Å². The summed E-state index contributed by atoms with van der Waals surface area (Å²) >= 11 is 0. The molecule has 1 aromatic heterocycles. The first-order chi connectivity index (χ1) is 12.2. The molecule has 0 unspecified atom stereocenters. The van der Waals surface area contributed by atoms with Crippen LogP contribution in [0.15, 0.2) is 30.6 Å². The van der Waals surface area contributed by atoms with Gasteiger partial charge in [0.15, 0.2) is 11.5 Å². The van der Waals surface area contributed by atoms with E-state index in [1.165, 1.54) is 0 Å². The predicted octanol–water partition coefficient (Wildman–Crippen LogP) is 2.73. The molecule has 0 saturated carbocycles. The maximum absolute atomic E-state index is 12.7. The number of hydrogen-bond donors (Lipinski definition) is 0. The second kappa shape index (κ2) is 6.78. The summed E-state index contributed by atoms with van der Waals surface area (Å²) in [5, 5.41) is 0. The van der Waals surface area contributed by atoms with E-state index in [-0.39, 0.29) is 12.7 Å². The largest absolute Gasteiger partial charge is 0.454 e. The molecule has 2 aliphatic rings. The minimum Gasteiger partial charge on any atom is -0.454 e. The van der Waals surface area contributed by atoms with Crippen LogP contribution < -0.4 is 9.47 Å². The summed E-state index contributed by atoms with van der Waals surface area (Å²) in [5.41, 5.74) is 0.672. The van der Waals surface area contributed by atoms with Crippen molar-refractivity contribution < 1.29 is 14.3 Å².